The van der Waals surface area contributed by atoms with Crippen molar-refractivity contribution >= 4 is 0 Å². The Morgan fingerprint density at radius 1 is 1.06 bits per heavy atom. The van der Waals surface area contributed by atoms with Crippen LogP contribution in [0.2, 0.25) is 0 Å². The minimum absolute atomic E-state index is 0.551. The summed E-state index contributed by atoms with van der Waals surface area (Å²) in [6.07, 6.45) is 0.682. The van der Waals surface area contributed by atoms with E-state index in [0.29, 0.717) is 13.0 Å². The van der Waals surface area contributed by atoms with Crippen molar-refractivity contribution in [2.24, 2.45) is 5.73 Å². The van der Waals surface area contributed by atoms with Gasteiger partial charge in [0, 0.05) is 12.0 Å². The molecule has 94 valence electrons. The van der Waals surface area contributed by atoms with Gasteiger partial charge >= 0.3 is 0 Å². The minimum atomic E-state index is 0.551. The number of nitrogens with two attached hydrogens (primary N) is 1. The zero-order valence-corrected chi connectivity index (χ0v) is 11.1. The normalized spacial score (nSPS) is 10.7. The summed E-state index contributed by atoms with van der Waals surface area (Å²) >= 11 is 0. The minimum Gasteiger partial charge on any atom is -0.330 e. The predicted molar refractivity (Wildman–Crippen MR) is 72.2 cm³/mol. The van der Waals surface area contributed by atoms with Gasteiger partial charge in [-0.15, -0.1) is 0 Å². The van der Waals surface area contributed by atoms with Crippen LogP contribution in [0.25, 0.3) is 11.4 Å². The van der Waals surface area contributed by atoms with Crippen LogP contribution in [0.4, 0.5) is 0 Å². The number of hydrogen-bond acceptors (Lipinski definition) is 4. The summed E-state index contributed by atoms with van der Waals surface area (Å²) in [5.41, 5.74) is 9.03. The molecular formula is C14H18N4. The summed E-state index contributed by atoms with van der Waals surface area (Å²) in [6.45, 7) is 6.59. The lowest BCUT2D eigenvalue weighted by atomic mass is 10.1. The number of rotatable bonds is 3. The van der Waals surface area contributed by atoms with Crippen molar-refractivity contribution in [1.82, 2.24) is 15.0 Å². The number of benzene rings is 1. The molecule has 0 saturated carbocycles. The zero-order chi connectivity index (χ0) is 13.1. The third-order valence-electron chi connectivity index (χ3n) is 2.78. The van der Waals surface area contributed by atoms with Gasteiger partial charge in [-0.25, -0.2) is 15.0 Å². The third-order valence-corrected chi connectivity index (χ3v) is 2.78. The Balaban J connectivity index is 2.49. The number of nitrogens with zero attached hydrogens (tertiary/aromatic N) is 3. The first-order valence-electron chi connectivity index (χ1n) is 6.09. The molecule has 0 aliphatic carbocycles. The molecule has 0 radical (unpaired) electrons. The van der Waals surface area contributed by atoms with Gasteiger partial charge in [0.25, 0.3) is 0 Å². The number of hydrogen-bond donors (Lipinski definition) is 1. The Morgan fingerprint density at radius 3 is 2.50 bits per heavy atom. The molecular weight excluding hydrogens is 224 g/mol. The average Bonchev–Trinajstić information content (AvgIpc) is 2.28. The summed E-state index contributed by atoms with van der Waals surface area (Å²) in [7, 11) is 0. The lowest BCUT2D eigenvalue weighted by molar-refractivity contribution is 0.827. The molecule has 0 atom stereocenters. The van der Waals surface area contributed by atoms with E-state index in [1.54, 1.807) is 0 Å². The van der Waals surface area contributed by atoms with Crippen LogP contribution in [-0.2, 0) is 6.42 Å². The molecule has 2 rings (SSSR count). The van der Waals surface area contributed by atoms with Gasteiger partial charge < -0.3 is 5.73 Å². The van der Waals surface area contributed by atoms with E-state index in [0.717, 1.165) is 23.0 Å². The molecule has 1 aromatic heterocycles. The monoisotopic (exact) mass is 242 g/mol. The molecule has 0 aliphatic rings. The maximum atomic E-state index is 5.55. The van der Waals surface area contributed by atoms with Crippen LogP contribution in [0.1, 0.15) is 22.8 Å². The maximum Gasteiger partial charge on any atom is 0.163 e. The average molecular weight is 242 g/mol. The largest absolute Gasteiger partial charge is 0.330 e. The van der Waals surface area contributed by atoms with Crippen LogP contribution >= 0.6 is 0 Å². The highest BCUT2D eigenvalue weighted by Crippen LogP contribution is 2.20. The van der Waals surface area contributed by atoms with E-state index < -0.39 is 0 Å². The first kappa shape index (κ1) is 12.6. The molecule has 0 saturated heterocycles. The van der Waals surface area contributed by atoms with E-state index in [1.165, 1.54) is 11.1 Å². The summed E-state index contributed by atoms with van der Waals surface area (Å²) in [5, 5.41) is 0. The molecule has 0 amide bonds. The van der Waals surface area contributed by atoms with E-state index in [2.05, 4.69) is 47.0 Å². The molecule has 4 heteroatoms. The van der Waals surface area contributed by atoms with Gasteiger partial charge in [0.05, 0.1) is 0 Å². The van der Waals surface area contributed by atoms with Crippen LogP contribution < -0.4 is 5.73 Å². The van der Waals surface area contributed by atoms with Gasteiger partial charge in [-0.05, 0) is 32.9 Å². The third kappa shape index (κ3) is 2.71. The first-order valence-corrected chi connectivity index (χ1v) is 6.09. The van der Waals surface area contributed by atoms with E-state index in [1.807, 2.05) is 6.92 Å². The lowest BCUT2D eigenvalue weighted by Gasteiger charge is -2.08. The Bertz CT molecular complexity index is 564. The fourth-order valence-corrected chi connectivity index (χ4v) is 1.96. The Labute approximate surface area is 107 Å². The SMILES string of the molecule is Cc1ccc(-c2nc(C)nc(CCN)n2)c(C)c1. The quantitative estimate of drug-likeness (QED) is 0.893. The summed E-state index contributed by atoms with van der Waals surface area (Å²) in [6, 6.07) is 6.27. The highest BCUT2D eigenvalue weighted by molar-refractivity contribution is 5.60. The lowest BCUT2D eigenvalue weighted by Crippen LogP contribution is -2.09. The van der Waals surface area contributed by atoms with Crippen molar-refractivity contribution in [3.8, 4) is 11.4 Å². The van der Waals surface area contributed by atoms with Gasteiger partial charge in [0.15, 0.2) is 5.82 Å². The second-order valence-electron chi connectivity index (χ2n) is 4.48. The molecule has 0 bridgehead atoms. The smallest absolute Gasteiger partial charge is 0.163 e. The van der Waals surface area contributed by atoms with Crippen molar-refractivity contribution in [1.29, 1.82) is 0 Å². The number of aryl methyl sites for hydroxylation is 3. The molecule has 0 unspecified atom stereocenters. The van der Waals surface area contributed by atoms with Crippen molar-refractivity contribution in [2.45, 2.75) is 27.2 Å². The molecule has 18 heavy (non-hydrogen) atoms. The van der Waals surface area contributed by atoms with Gasteiger partial charge in [-0.3, -0.25) is 0 Å². The molecule has 2 aromatic rings. The van der Waals surface area contributed by atoms with Gasteiger partial charge in [0.2, 0.25) is 0 Å². The summed E-state index contributed by atoms with van der Waals surface area (Å²) in [5.74, 6) is 2.24. The molecule has 4 nitrogen and oxygen atoms in total. The van der Waals surface area contributed by atoms with Crippen molar-refractivity contribution in [2.75, 3.05) is 6.54 Å². The zero-order valence-electron chi connectivity index (χ0n) is 11.1. The van der Waals surface area contributed by atoms with Crippen molar-refractivity contribution in [3.63, 3.8) is 0 Å². The predicted octanol–water partition coefficient (Wildman–Crippen LogP) is 1.97. The molecule has 2 N–H and O–H groups in total. The first-order chi connectivity index (χ1) is 8.60. The molecule has 1 aromatic carbocycles. The number of aromatic nitrogens is 3. The van der Waals surface area contributed by atoms with Crippen LogP contribution in [0.3, 0.4) is 0 Å². The van der Waals surface area contributed by atoms with Gasteiger partial charge in [-0.2, -0.15) is 0 Å². The fraction of sp³-hybridized carbons (Fsp3) is 0.357. The van der Waals surface area contributed by atoms with Crippen molar-refractivity contribution in [3.05, 3.63) is 41.0 Å². The Morgan fingerprint density at radius 2 is 1.83 bits per heavy atom. The van der Waals surface area contributed by atoms with Crippen molar-refractivity contribution < 1.29 is 0 Å². The van der Waals surface area contributed by atoms with Gasteiger partial charge in [0.1, 0.15) is 11.6 Å². The highest BCUT2D eigenvalue weighted by Gasteiger charge is 2.08. The second kappa shape index (κ2) is 5.23. The standard InChI is InChI=1S/C14H18N4/c1-9-4-5-12(10(2)8-9)14-17-11(3)16-13(18-14)6-7-15/h4-5,8H,6-7,15H2,1-3H3. The fourth-order valence-electron chi connectivity index (χ4n) is 1.96. The summed E-state index contributed by atoms with van der Waals surface area (Å²) < 4.78 is 0. The van der Waals surface area contributed by atoms with E-state index >= 15 is 0 Å². The van der Waals surface area contributed by atoms with Gasteiger partial charge in [-0.1, -0.05) is 23.8 Å². The molecule has 1 heterocycles. The highest BCUT2D eigenvalue weighted by atomic mass is 15.0. The van der Waals surface area contributed by atoms with Crippen LogP contribution in [0.15, 0.2) is 18.2 Å². The Hall–Kier alpha value is -1.81. The molecule has 0 aliphatic heterocycles. The van der Waals surface area contributed by atoms with Crippen LogP contribution in [0.5, 0.6) is 0 Å². The molecule has 0 fully saturated rings. The molecule has 0 spiro atoms. The Kier molecular flexibility index (Phi) is 3.67. The second-order valence-corrected chi connectivity index (χ2v) is 4.48. The van der Waals surface area contributed by atoms with E-state index in [4.69, 9.17) is 5.73 Å². The maximum absolute atomic E-state index is 5.55. The van der Waals surface area contributed by atoms with E-state index in [-0.39, 0.29) is 0 Å². The van der Waals surface area contributed by atoms with Crippen LogP contribution in [-0.4, -0.2) is 21.5 Å². The van der Waals surface area contributed by atoms with E-state index in [9.17, 15) is 0 Å². The topological polar surface area (TPSA) is 64.7 Å². The van der Waals surface area contributed by atoms with Crippen LogP contribution in [0, 0.1) is 20.8 Å². The summed E-state index contributed by atoms with van der Waals surface area (Å²) in [4.78, 5) is 13.2.